The van der Waals surface area contributed by atoms with E-state index in [1.54, 1.807) is 12.1 Å². The molecule has 0 atom stereocenters. The van der Waals surface area contributed by atoms with Crippen LogP contribution in [-0.2, 0) is 0 Å². The Balaban J connectivity index is 1.98. The molecule has 0 aliphatic rings. The van der Waals surface area contributed by atoms with Gasteiger partial charge in [0.15, 0.2) is 5.15 Å². The van der Waals surface area contributed by atoms with Crippen LogP contribution in [-0.4, -0.2) is 15.1 Å². The van der Waals surface area contributed by atoms with Gasteiger partial charge in [-0.15, -0.1) is 0 Å². The summed E-state index contributed by atoms with van der Waals surface area (Å²) in [5.41, 5.74) is 2.34. The van der Waals surface area contributed by atoms with Gasteiger partial charge in [-0.25, -0.2) is 9.97 Å². The van der Waals surface area contributed by atoms with Gasteiger partial charge in [-0.05, 0) is 29.0 Å². The van der Waals surface area contributed by atoms with E-state index in [0.717, 1.165) is 32.6 Å². The summed E-state index contributed by atoms with van der Waals surface area (Å²) >= 11 is 12.6. The van der Waals surface area contributed by atoms with Crippen LogP contribution in [0.2, 0.25) is 10.2 Å². The molecular formula is C22H12Cl2N2O. The molecule has 0 saturated carbocycles. The number of halogens is 2. The molecule has 5 aromatic rings. The summed E-state index contributed by atoms with van der Waals surface area (Å²) in [7, 11) is 0. The largest absolute Gasteiger partial charge is 0.507 e. The standard InChI is InChI=1S/C22H12Cl2N2O/c23-12-9-10-18(27)17(11-12)21-22(24)26-20-16-8-4-2-6-14(16)13-5-1-3-7-15(13)19(20)25-21/h1-11,27H. The van der Waals surface area contributed by atoms with Crippen LogP contribution < -0.4 is 0 Å². The molecule has 0 aliphatic heterocycles. The van der Waals surface area contributed by atoms with Crippen LogP contribution in [0.15, 0.2) is 66.7 Å². The van der Waals surface area contributed by atoms with Crippen LogP contribution in [0.25, 0.3) is 43.8 Å². The van der Waals surface area contributed by atoms with Crippen molar-refractivity contribution in [1.29, 1.82) is 0 Å². The molecule has 0 aliphatic carbocycles. The first-order valence-electron chi connectivity index (χ1n) is 8.39. The van der Waals surface area contributed by atoms with Crippen molar-refractivity contribution in [3.05, 3.63) is 76.9 Å². The average Bonchev–Trinajstić information content (AvgIpc) is 2.70. The van der Waals surface area contributed by atoms with E-state index < -0.39 is 0 Å². The first-order chi connectivity index (χ1) is 13.1. The molecule has 0 spiro atoms. The highest BCUT2D eigenvalue weighted by molar-refractivity contribution is 6.34. The highest BCUT2D eigenvalue weighted by Crippen LogP contribution is 2.38. The Kier molecular flexibility index (Phi) is 3.67. The minimum Gasteiger partial charge on any atom is -0.507 e. The molecule has 3 nitrogen and oxygen atoms in total. The van der Waals surface area contributed by atoms with Crippen molar-refractivity contribution in [2.45, 2.75) is 0 Å². The van der Waals surface area contributed by atoms with Gasteiger partial charge in [-0.3, -0.25) is 0 Å². The summed E-state index contributed by atoms with van der Waals surface area (Å²) in [4.78, 5) is 9.46. The Hall–Kier alpha value is -2.88. The molecule has 0 amide bonds. The number of fused-ring (bicyclic) bond motifs is 6. The smallest absolute Gasteiger partial charge is 0.156 e. The molecule has 5 heteroatoms. The van der Waals surface area contributed by atoms with Gasteiger partial charge in [0.1, 0.15) is 11.4 Å². The van der Waals surface area contributed by atoms with E-state index in [2.05, 4.69) is 17.1 Å². The van der Waals surface area contributed by atoms with Gasteiger partial charge < -0.3 is 5.11 Å². The van der Waals surface area contributed by atoms with Crippen molar-refractivity contribution in [3.8, 4) is 17.0 Å². The van der Waals surface area contributed by atoms with Gasteiger partial charge in [-0.1, -0.05) is 71.7 Å². The van der Waals surface area contributed by atoms with Crippen molar-refractivity contribution in [2.75, 3.05) is 0 Å². The molecule has 5 rings (SSSR count). The van der Waals surface area contributed by atoms with Crippen molar-refractivity contribution in [1.82, 2.24) is 9.97 Å². The zero-order valence-corrected chi connectivity index (χ0v) is 15.5. The van der Waals surface area contributed by atoms with E-state index in [1.807, 2.05) is 36.4 Å². The van der Waals surface area contributed by atoms with E-state index in [1.165, 1.54) is 6.07 Å². The highest BCUT2D eigenvalue weighted by atomic mass is 35.5. The summed E-state index contributed by atoms with van der Waals surface area (Å²) < 4.78 is 0. The third kappa shape index (κ3) is 2.51. The van der Waals surface area contributed by atoms with Crippen LogP contribution in [0.1, 0.15) is 0 Å². The van der Waals surface area contributed by atoms with E-state index in [-0.39, 0.29) is 10.9 Å². The fourth-order valence-corrected chi connectivity index (χ4v) is 3.91. The highest BCUT2D eigenvalue weighted by Gasteiger charge is 2.17. The molecule has 0 saturated heterocycles. The Morgan fingerprint density at radius 2 is 1.22 bits per heavy atom. The fraction of sp³-hybridized carbons (Fsp3) is 0. The zero-order chi connectivity index (χ0) is 18.5. The summed E-state index contributed by atoms with van der Waals surface area (Å²) in [5, 5.41) is 15.2. The number of nitrogens with zero attached hydrogens (tertiary/aromatic N) is 2. The van der Waals surface area contributed by atoms with Crippen LogP contribution in [0.3, 0.4) is 0 Å². The third-order valence-electron chi connectivity index (χ3n) is 4.72. The molecule has 27 heavy (non-hydrogen) atoms. The molecule has 4 aromatic carbocycles. The monoisotopic (exact) mass is 390 g/mol. The van der Waals surface area contributed by atoms with Crippen molar-refractivity contribution in [2.24, 2.45) is 0 Å². The topological polar surface area (TPSA) is 46.0 Å². The maximum atomic E-state index is 10.3. The molecular weight excluding hydrogens is 379 g/mol. The second-order valence-electron chi connectivity index (χ2n) is 6.31. The maximum absolute atomic E-state index is 10.3. The Morgan fingerprint density at radius 1 is 0.667 bits per heavy atom. The third-order valence-corrected chi connectivity index (χ3v) is 5.22. The molecule has 130 valence electrons. The summed E-state index contributed by atoms with van der Waals surface area (Å²) in [5.74, 6) is 0.0556. The van der Waals surface area contributed by atoms with E-state index in [4.69, 9.17) is 28.2 Å². The van der Waals surface area contributed by atoms with Crippen LogP contribution in [0, 0.1) is 0 Å². The van der Waals surface area contributed by atoms with Gasteiger partial charge in [0.05, 0.1) is 11.0 Å². The predicted octanol–water partition coefficient (Wildman–Crippen LogP) is 6.62. The number of aromatic hydroxyl groups is 1. The number of phenols is 1. The minimum absolute atomic E-state index is 0.0556. The van der Waals surface area contributed by atoms with Crippen molar-refractivity contribution in [3.63, 3.8) is 0 Å². The predicted molar refractivity (Wildman–Crippen MR) is 112 cm³/mol. The number of rotatable bonds is 1. The number of hydrogen-bond donors (Lipinski definition) is 1. The lowest BCUT2D eigenvalue weighted by atomic mass is 9.99. The lowest BCUT2D eigenvalue weighted by molar-refractivity contribution is 0.477. The molecule has 0 radical (unpaired) electrons. The minimum atomic E-state index is 0.0556. The second-order valence-corrected chi connectivity index (χ2v) is 7.11. The molecule has 0 fully saturated rings. The lowest BCUT2D eigenvalue weighted by Crippen LogP contribution is -1.94. The van der Waals surface area contributed by atoms with Crippen LogP contribution in [0.5, 0.6) is 5.75 Å². The maximum Gasteiger partial charge on any atom is 0.156 e. The summed E-state index contributed by atoms with van der Waals surface area (Å²) in [6, 6.07) is 20.9. The SMILES string of the molecule is Oc1ccc(Cl)cc1-c1nc2c3ccccc3c3ccccc3c2nc1Cl. The quantitative estimate of drug-likeness (QED) is 0.327. The van der Waals surface area contributed by atoms with E-state index >= 15 is 0 Å². The number of phenolic OH excluding ortho intramolecular Hbond substituents is 1. The van der Waals surface area contributed by atoms with E-state index in [9.17, 15) is 5.11 Å². The van der Waals surface area contributed by atoms with Gasteiger partial charge >= 0.3 is 0 Å². The van der Waals surface area contributed by atoms with Crippen LogP contribution in [0.4, 0.5) is 0 Å². The second kappa shape index (κ2) is 6.08. The van der Waals surface area contributed by atoms with Gasteiger partial charge in [0, 0.05) is 21.4 Å². The molecule has 1 N–H and O–H groups in total. The fourth-order valence-electron chi connectivity index (χ4n) is 3.51. The Labute approximate surface area is 164 Å². The summed E-state index contributed by atoms with van der Waals surface area (Å²) in [6.45, 7) is 0. The number of aromatic nitrogens is 2. The normalized spacial score (nSPS) is 11.5. The number of hydrogen-bond acceptors (Lipinski definition) is 3. The zero-order valence-electron chi connectivity index (χ0n) is 13.9. The van der Waals surface area contributed by atoms with Crippen molar-refractivity contribution >= 4 is 55.8 Å². The Morgan fingerprint density at radius 3 is 1.85 bits per heavy atom. The number of benzene rings is 4. The summed E-state index contributed by atoms with van der Waals surface area (Å²) in [6.07, 6.45) is 0. The molecule has 0 unspecified atom stereocenters. The molecule has 1 aromatic heterocycles. The molecule has 1 heterocycles. The van der Waals surface area contributed by atoms with Gasteiger partial charge in [0.2, 0.25) is 0 Å². The van der Waals surface area contributed by atoms with Gasteiger partial charge in [0.25, 0.3) is 0 Å². The average molecular weight is 391 g/mol. The van der Waals surface area contributed by atoms with E-state index in [0.29, 0.717) is 16.3 Å². The Bertz CT molecular complexity index is 1370. The first-order valence-corrected chi connectivity index (χ1v) is 9.14. The lowest BCUT2D eigenvalue weighted by Gasteiger charge is -2.12. The van der Waals surface area contributed by atoms with Gasteiger partial charge in [-0.2, -0.15) is 0 Å². The van der Waals surface area contributed by atoms with Crippen molar-refractivity contribution < 1.29 is 5.11 Å². The molecule has 0 bridgehead atoms. The first kappa shape index (κ1) is 16.3. The van der Waals surface area contributed by atoms with Crippen LogP contribution >= 0.6 is 23.2 Å².